The maximum Gasteiger partial charge on any atom is 0.301 e. The van der Waals surface area contributed by atoms with Crippen LogP contribution in [0.2, 0.25) is 5.02 Å². The van der Waals surface area contributed by atoms with Crippen molar-refractivity contribution in [2.45, 2.75) is 6.04 Å². The number of para-hydroxylation sites is 1. The number of thiazole rings is 1. The second-order valence-electron chi connectivity index (χ2n) is 8.46. The number of carbonyl (C=O) groups is 2. The molecule has 1 atom stereocenters. The van der Waals surface area contributed by atoms with Crippen molar-refractivity contribution in [3.8, 4) is 5.75 Å². The Morgan fingerprint density at radius 1 is 1.08 bits per heavy atom. The van der Waals surface area contributed by atoms with Crippen LogP contribution in [-0.4, -0.2) is 43.0 Å². The van der Waals surface area contributed by atoms with E-state index in [4.69, 9.17) is 16.3 Å². The molecule has 0 bridgehead atoms. The first-order valence-corrected chi connectivity index (χ1v) is 12.3. The first-order chi connectivity index (χ1) is 17.3. The van der Waals surface area contributed by atoms with E-state index in [0.29, 0.717) is 16.4 Å². The van der Waals surface area contributed by atoms with E-state index in [2.05, 4.69) is 4.98 Å². The second kappa shape index (κ2) is 9.29. The fourth-order valence-electron chi connectivity index (χ4n) is 4.22. The van der Waals surface area contributed by atoms with E-state index in [0.717, 1.165) is 15.9 Å². The minimum atomic E-state index is -0.899. The Bertz CT molecular complexity index is 1490. The second-order valence-corrected chi connectivity index (χ2v) is 9.88. The molecule has 5 rings (SSSR count). The number of fused-ring (bicyclic) bond motifs is 1. The summed E-state index contributed by atoms with van der Waals surface area (Å²) in [6, 6.07) is 18.8. The molecule has 0 spiro atoms. The SMILES string of the molecule is COc1ccc(Cl)c(/C(O)=C2\C(=O)C(=O)N(c3nc4ccccc4s3)C2c2ccc(N(C)C)cc2)c1. The zero-order valence-corrected chi connectivity index (χ0v) is 21.3. The Hall–Kier alpha value is -3.88. The predicted molar refractivity (Wildman–Crippen MR) is 143 cm³/mol. The smallest absolute Gasteiger partial charge is 0.301 e. The summed E-state index contributed by atoms with van der Waals surface area (Å²) in [5, 5.41) is 12.0. The van der Waals surface area contributed by atoms with E-state index in [1.165, 1.54) is 29.4 Å². The summed E-state index contributed by atoms with van der Waals surface area (Å²) in [6.45, 7) is 0. The van der Waals surface area contributed by atoms with Gasteiger partial charge in [-0.15, -0.1) is 0 Å². The van der Waals surface area contributed by atoms with Crippen molar-refractivity contribution < 1.29 is 19.4 Å². The number of rotatable bonds is 5. The third kappa shape index (κ3) is 3.98. The number of hydrogen-bond donors (Lipinski definition) is 1. The Morgan fingerprint density at radius 2 is 1.81 bits per heavy atom. The molecule has 1 aliphatic rings. The number of aliphatic hydroxyl groups is 1. The van der Waals surface area contributed by atoms with Crippen molar-refractivity contribution in [3.63, 3.8) is 0 Å². The summed E-state index contributed by atoms with van der Waals surface area (Å²) in [6.07, 6.45) is 0. The lowest BCUT2D eigenvalue weighted by atomic mass is 9.95. The number of aliphatic hydroxyl groups excluding tert-OH is 1. The molecule has 1 amide bonds. The van der Waals surface area contributed by atoms with Gasteiger partial charge in [-0.3, -0.25) is 14.5 Å². The van der Waals surface area contributed by atoms with Gasteiger partial charge in [0.2, 0.25) is 0 Å². The quantitative estimate of drug-likeness (QED) is 0.208. The zero-order chi connectivity index (χ0) is 25.6. The number of anilines is 2. The van der Waals surface area contributed by atoms with E-state index in [1.807, 2.05) is 67.5 Å². The number of aromatic nitrogens is 1. The first-order valence-electron chi connectivity index (χ1n) is 11.1. The maximum absolute atomic E-state index is 13.4. The molecule has 9 heteroatoms. The van der Waals surface area contributed by atoms with Crippen LogP contribution >= 0.6 is 22.9 Å². The van der Waals surface area contributed by atoms with Crippen LogP contribution in [0.15, 0.2) is 72.3 Å². The van der Waals surface area contributed by atoms with Gasteiger partial charge >= 0.3 is 5.91 Å². The van der Waals surface area contributed by atoms with Crippen LogP contribution in [0.4, 0.5) is 10.8 Å². The van der Waals surface area contributed by atoms with Crippen molar-refractivity contribution in [1.29, 1.82) is 0 Å². The minimum absolute atomic E-state index is 0.0630. The number of methoxy groups -OCH3 is 1. The van der Waals surface area contributed by atoms with Crippen LogP contribution in [0.3, 0.4) is 0 Å². The molecule has 1 aromatic heterocycles. The largest absolute Gasteiger partial charge is 0.507 e. The van der Waals surface area contributed by atoms with Crippen LogP contribution in [0.5, 0.6) is 5.75 Å². The molecule has 1 unspecified atom stereocenters. The summed E-state index contributed by atoms with van der Waals surface area (Å²) in [5.41, 5.74) is 2.46. The molecule has 7 nitrogen and oxygen atoms in total. The van der Waals surface area contributed by atoms with Gasteiger partial charge in [0.25, 0.3) is 5.78 Å². The third-order valence-corrected chi connectivity index (χ3v) is 7.45. The minimum Gasteiger partial charge on any atom is -0.507 e. The highest BCUT2D eigenvalue weighted by Gasteiger charge is 2.48. The van der Waals surface area contributed by atoms with Gasteiger partial charge in [0.15, 0.2) is 5.13 Å². The normalized spacial score (nSPS) is 17.1. The van der Waals surface area contributed by atoms with Crippen LogP contribution in [0.1, 0.15) is 17.2 Å². The van der Waals surface area contributed by atoms with Gasteiger partial charge in [-0.2, -0.15) is 0 Å². The molecule has 1 aliphatic heterocycles. The predicted octanol–water partition coefficient (Wildman–Crippen LogP) is 5.65. The molecule has 182 valence electrons. The maximum atomic E-state index is 13.4. The number of Topliss-reactive ketones (excluding diaryl/α,β-unsaturated/α-hetero) is 1. The summed E-state index contributed by atoms with van der Waals surface area (Å²) in [7, 11) is 5.34. The molecule has 36 heavy (non-hydrogen) atoms. The van der Waals surface area contributed by atoms with E-state index in [9.17, 15) is 14.7 Å². The topological polar surface area (TPSA) is 83.0 Å². The molecular formula is C27H22ClN3O4S. The fraction of sp³-hybridized carbons (Fsp3) is 0.148. The molecule has 0 radical (unpaired) electrons. The average molecular weight is 520 g/mol. The molecular weight excluding hydrogens is 498 g/mol. The lowest BCUT2D eigenvalue weighted by molar-refractivity contribution is -0.132. The van der Waals surface area contributed by atoms with E-state index in [1.54, 1.807) is 12.1 Å². The van der Waals surface area contributed by atoms with Gasteiger partial charge in [-0.25, -0.2) is 4.98 Å². The number of ketones is 1. The molecule has 4 aromatic rings. The van der Waals surface area contributed by atoms with E-state index < -0.39 is 17.7 Å². The highest BCUT2D eigenvalue weighted by atomic mass is 35.5. The number of nitrogens with zero attached hydrogens (tertiary/aromatic N) is 3. The zero-order valence-electron chi connectivity index (χ0n) is 19.7. The highest BCUT2D eigenvalue weighted by molar-refractivity contribution is 7.22. The van der Waals surface area contributed by atoms with Crippen molar-refractivity contribution >= 4 is 61.4 Å². The van der Waals surface area contributed by atoms with Crippen LogP contribution in [0.25, 0.3) is 16.0 Å². The van der Waals surface area contributed by atoms with Gasteiger partial charge in [0.1, 0.15) is 11.5 Å². The third-order valence-electron chi connectivity index (χ3n) is 6.09. The molecule has 3 aromatic carbocycles. The van der Waals surface area contributed by atoms with Crippen molar-refractivity contribution in [2.75, 3.05) is 31.0 Å². The Kier molecular flexibility index (Phi) is 6.15. The molecule has 1 fully saturated rings. The Labute approximate surface area is 216 Å². The van der Waals surface area contributed by atoms with Gasteiger partial charge in [-0.1, -0.05) is 47.2 Å². The lowest BCUT2D eigenvalue weighted by Gasteiger charge is -2.24. The molecule has 1 saturated heterocycles. The number of ether oxygens (including phenoxy) is 1. The van der Waals surface area contributed by atoms with Gasteiger partial charge < -0.3 is 14.7 Å². The van der Waals surface area contributed by atoms with Crippen LogP contribution in [0, 0.1) is 0 Å². The molecule has 2 heterocycles. The Balaban J connectivity index is 1.74. The molecule has 0 saturated carbocycles. The van der Waals surface area contributed by atoms with Crippen molar-refractivity contribution in [1.82, 2.24) is 4.98 Å². The van der Waals surface area contributed by atoms with E-state index in [-0.39, 0.29) is 21.9 Å². The van der Waals surface area contributed by atoms with Crippen LogP contribution in [-0.2, 0) is 9.59 Å². The molecule has 0 aliphatic carbocycles. The summed E-state index contributed by atoms with van der Waals surface area (Å²) in [5.74, 6) is -1.50. The van der Waals surface area contributed by atoms with Gasteiger partial charge in [0, 0.05) is 25.3 Å². The number of hydrogen-bond acceptors (Lipinski definition) is 7. The average Bonchev–Trinajstić information content (AvgIpc) is 3.42. The number of amides is 1. The number of carbonyl (C=O) groups excluding carboxylic acids is 2. The lowest BCUT2D eigenvalue weighted by Crippen LogP contribution is -2.29. The van der Waals surface area contributed by atoms with Gasteiger partial charge in [-0.05, 0) is 48.0 Å². The number of halogens is 1. The summed E-state index contributed by atoms with van der Waals surface area (Å²) < 4.78 is 6.16. The van der Waals surface area contributed by atoms with Crippen molar-refractivity contribution in [3.05, 3.63) is 88.5 Å². The monoisotopic (exact) mass is 519 g/mol. The summed E-state index contributed by atoms with van der Waals surface area (Å²) in [4.78, 5) is 34.8. The first kappa shape index (κ1) is 23.8. The Morgan fingerprint density at radius 3 is 2.47 bits per heavy atom. The van der Waals surface area contributed by atoms with E-state index >= 15 is 0 Å². The van der Waals surface area contributed by atoms with Gasteiger partial charge in [0.05, 0.1) is 34.0 Å². The van der Waals surface area contributed by atoms with Crippen LogP contribution < -0.4 is 14.5 Å². The fourth-order valence-corrected chi connectivity index (χ4v) is 5.42. The highest BCUT2D eigenvalue weighted by Crippen LogP contribution is 2.45. The summed E-state index contributed by atoms with van der Waals surface area (Å²) >= 11 is 7.70. The van der Waals surface area contributed by atoms with Crippen molar-refractivity contribution in [2.24, 2.45) is 0 Å². The molecule has 1 N–H and O–H groups in total. The standard InChI is InChI=1S/C27H22ClN3O4S/c1-30(2)16-10-8-15(9-11-16)23-22(24(32)18-14-17(35-3)12-13-19(18)28)25(33)26(34)31(23)27-29-20-6-4-5-7-21(20)36-27/h4-14,23,32H,1-3H3/b24-22+. The number of benzene rings is 3.